The lowest BCUT2D eigenvalue weighted by molar-refractivity contribution is -0.0392. The SMILES string of the molecule is O=C(c1cccc2cccnc12)N1CCC2(CC1)C[C@@H](N1CCCC1)CO2. The van der Waals surface area contributed by atoms with E-state index in [0.717, 1.165) is 49.9 Å². The average Bonchev–Trinajstić information content (AvgIpc) is 3.38. The molecule has 1 spiro atoms. The third-order valence-electron chi connectivity index (χ3n) is 6.67. The van der Waals surface area contributed by atoms with Gasteiger partial charge in [-0.05, 0) is 57.3 Å². The number of rotatable bonds is 2. The van der Waals surface area contributed by atoms with Crippen molar-refractivity contribution in [1.82, 2.24) is 14.8 Å². The van der Waals surface area contributed by atoms with Crippen LogP contribution in [0.3, 0.4) is 0 Å². The molecule has 3 saturated heterocycles. The highest BCUT2D eigenvalue weighted by molar-refractivity contribution is 6.05. The number of piperidine rings is 1. The maximum Gasteiger partial charge on any atom is 0.256 e. The van der Waals surface area contributed by atoms with Crippen molar-refractivity contribution in [2.45, 2.75) is 43.7 Å². The first-order valence-corrected chi connectivity index (χ1v) is 10.3. The van der Waals surface area contributed by atoms with Crippen molar-refractivity contribution in [1.29, 1.82) is 0 Å². The van der Waals surface area contributed by atoms with Crippen LogP contribution in [-0.4, -0.2) is 65.1 Å². The number of para-hydroxylation sites is 1. The number of ether oxygens (including phenoxy) is 1. The molecule has 2 aromatic rings. The minimum atomic E-state index is -0.0129. The minimum Gasteiger partial charge on any atom is -0.373 e. The third kappa shape index (κ3) is 3.13. The van der Waals surface area contributed by atoms with Crippen LogP contribution in [0.5, 0.6) is 0 Å². The first-order chi connectivity index (χ1) is 13.2. The molecule has 3 aliphatic rings. The van der Waals surface area contributed by atoms with Gasteiger partial charge in [0, 0.05) is 30.7 Å². The van der Waals surface area contributed by atoms with E-state index in [2.05, 4.69) is 9.88 Å². The molecule has 0 radical (unpaired) electrons. The quantitative estimate of drug-likeness (QED) is 0.820. The summed E-state index contributed by atoms with van der Waals surface area (Å²) in [5.74, 6) is 0.100. The van der Waals surface area contributed by atoms with Crippen LogP contribution in [0.15, 0.2) is 36.5 Å². The van der Waals surface area contributed by atoms with Gasteiger partial charge in [0.15, 0.2) is 0 Å². The first-order valence-electron chi connectivity index (χ1n) is 10.3. The van der Waals surface area contributed by atoms with Gasteiger partial charge in [0.05, 0.1) is 23.3 Å². The Morgan fingerprint density at radius 1 is 1.07 bits per heavy atom. The molecule has 0 aliphatic carbocycles. The number of carbonyl (C=O) groups excluding carboxylic acids is 1. The maximum absolute atomic E-state index is 13.1. The van der Waals surface area contributed by atoms with Gasteiger partial charge in [-0.25, -0.2) is 0 Å². The fourth-order valence-corrected chi connectivity index (χ4v) is 5.07. The average molecular weight is 365 g/mol. The molecule has 1 aromatic carbocycles. The fraction of sp³-hybridized carbons (Fsp3) is 0.545. The number of pyridine rings is 1. The summed E-state index contributed by atoms with van der Waals surface area (Å²) < 4.78 is 6.32. The molecule has 0 saturated carbocycles. The maximum atomic E-state index is 13.1. The Labute approximate surface area is 160 Å². The lowest BCUT2D eigenvalue weighted by Gasteiger charge is -2.39. The van der Waals surface area contributed by atoms with Crippen LogP contribution in [0.2, 0.25) is 0 Å². The van der Waals surface area contributed by atoms with Crippen molar-refractivity contribution in [3.63, 3.8) is 0 Å². The van der Waals surface area contributed by atoms with E-state index >= 15 is 0 Å². The van der Waals surface area contributed by atoms with Crippen LogP contribution in [0.1, 0.15) is 42.5 Å². The number of hydrogen-bond acceptors (Lipinski definition) is 4. The largest absolute Gasteiger partial charge is 0.373 e. The summed E-state index contributed by atoms with van der Waals surface area (Å²) in [7, 11) is 0. The number of carbonyl (C=O) groups is 1. The molecule has 1 atom stereocenters. The van der Waals surface area contributed by atoms with E-state index < -0.39 is 0 Å². The highest BCUT2D eigenvalue weighted by atomic mass is 16.5. The molecular weight excluding hydrogens is 338 g/mol. The summed E-state index contributed by atoms with van der Waals surface area (Å²) in [6.07, 6.45) is 7.43. The second-order valence-electron chi connectivity index (χ2n) is 8.27. The van der Waals surface area contributed by atoms with Crippen molar-refractivity contribution < 1.29 is 9.53 Å². The summed E-state index contributed by atoms with van der Waals surface area (Å²) in [4.78, 5) is 22.2. The molecule has 27 heavy (non-hydrogen) atoms. The monoisotopic (exact) mass is 365 g/mol. The number of benzene rings is 1. The molecule has 0 N–H and O–H groups in total. The van der Waals surface area contributed by atoms with Gasteiger partial charge in [0.25, 0.3) is 5.91 Å². The highest BCUT2D eigenvalue weighted by Crippen LogP contribution is 2.38. The lowest BCUT2D eigenvalue weighted by atomic mass is 9.87. The number of amides is 1. The smallest absolute Gasteiger partial charge is 0.256 e. The third-order valence-corrected chi connectivity index (χ3v) is 6.67. The van der Waals surface area contributed by atoms with Gasteiger partial charge in [0.1, 0.15) is 0 Å². The van der Waals surface area contributed by atoms with Crippen LogP contribution in [-0.2, 0) is 4.74 Å². The molecule has 0 bridgehead atoms. The van der Waals surface area contributed by atoms with Crippen molar-refractivity contribution >= 4 is 16.8 Å². The predicted octanol–water partition coefficient (Wildman–Crippen LogP) is 3.09. The summed E-state index contributed by atoms with van der Waals surface area (Å²) in [6, 6.07) is 10.4. The zero-order valence-corrected chi connectivity index (χ0v) is 15.8. The number of aromatic nitrogens is 1. The van der Waals surface area contributed by atoms with Gasteiger partial charge >= 0.3 is 0 Å². The molecule has 5 rings (SSSR count). The van der Waals surface area contributed by atoms with E-state index in [-0.39, 0.29) is 11.5 Å². The van der Waals surface area contributed by atoms with Crippen molar-refractivity contribution in [2.75, 3.05) is 32.8 Å². The zero-order chi connectivity index (χ0) is 18.3. The van der Waals surface area contributed by atoms with Gasteiger partial charge < -0.3 is 9.64 Å². The molecule has 4 heterocycles. The summed E-state index contributed by atoms with van der Waals surface area (Å²) in [6.45, 7) is 4.86. The van der Waals surface area contributed by atoms with E-state index in [4.69, 9.17) is 4.74 Å². The van der Waals surface area contributed by atoms with Crippen LogP contribution in [0, 0.1) is 0 Å². The number of hydrogen-bond donors (Lipinski definition) is 0. The van der Waals surface area contributed by atoms with Crippen LogP contribution < -0.4 is 0 Å². The van der Waals surface area contributed by atoms with Crippen LogP contribution in [0.25, 0.3) is 10.9 Å². The minimum absolute atomic E-state index is 0.0129. The molecule has 1 aromatic heterocycles. The van der Waals surface area contributed by atoms with E-state index in [1.807, 2.05) is 35.2 Å². The van der Waals surface area contributed by atoms with Crippen molar-refractivity contribution in [2.24, 2.45) is 0 Å². The van der Waals surface area contributed by atoms with Crippen molar-refractivity contribution in [3.05, 3.63) is 42.1 Å². The lowest BCUT2D eigenvalue weighted by Crippen LogP contribution is -2.47. The second-order valence-corrected chi connectivity index (χ2v) is 8.27. The fourth-order valence-electron chi connectivity index (χ4n) is 5.07. The highest BCUT2D eigenvalue weighted by Gasteiger charge is 2.45. The van der Waals surface area contributed by atoms with E-state index in [1.54, 1.807) is 6.20 Å². The Hall–Kier alpha value is -1.98. The topological polar surface area (TPSA) is 45.7 Å². The van der Waals surface area contributed by atoms with Crippen LogP contribution >= 0.6 is 0 Å². The Balaban J connectivity index is 1.27. The number of likely N-dealkylation sites (tertiary alicyclic amines) is 2. The summed E-state index contributed by atoms with van der Waals surface area (Å²) in [5, 5.41) is 1.02. The zero-order valence-electron chi connectivity index (χ0n) is 15.8. The Morgan fingerprint density at radius 2 is 1.85 bits per heavy atom. The van der Waals surface area contributed by atoms with Gasteiger partial charge in [-0.2, -0.15) is 0 Å². The first kappa shape index (κ1) is 17.1. The van der Waals surface area contributed by atoms with E-state index in [0.29, 0.717) is 11.6 Å². The molecule has 1 amide bonds. The Bertz CT molecular complexity index is 833. The molecule has 3 fully saturated rings. The van der Waals surface area contributed by atoms with Gasteiger partial charge in [-0.3, -0.25) is 14.7 Å². The molecule has 142 valence electrons. The molecule has 0 unspecified atom stereocenters. The molecular formula is C22H27N3O2. The predicted molar refractivity (Wildman–Crippen MR) is 105 cm³/mol. The van der Waals surface area contributed by atoms with Gasteiger partial charge in [0.2, 0.25) is 0 Å². The number of nitrogens with zero attached hydrogens (tertiary/aromatic N) is 3. The number of fused-ring (bicyclic) bond motifs is 1. The normalized spacial score (nSPS) is 25.5. The molecule has 3 aliphatic heterocycles. The second kappa shape index (κ2) is 6.88. The summed E-state index contributed by atoms with van der Waals surface area (Å²) in [5.41, 5.74) is 1.50. The standard InChI is InChI=1S/C22H27N3O2/c26-21(19-7-3-5-17-6-4-10-23-20(17)19)25-13-8-22(9-14-25)15-18(16-27-22)24-11-1-2-12-24/h3-7,10,18H,1-2,8-9,11-16H2/t18-/m1/s1. The van der Waals surface area contributed by atoms with Gasteiger partial charge in [-0.1, -0.05) is 18.2 Å². The Kier molecular flexibility index (Phi) is 4.37. The van der Waals surface area contributed by atoms with Gasteiger partial charge in [-0.15, -0.1) is 0 Å². The van der Waals surface area contributed by atoms with E-state index in [1.165, 1.54) is 25.9 Å². The summed E-state index contributed by atoms with van der Waals surface area (Å²) >= 11 is 0. The molecule has 5 nitrogen and oxygen atoms in total. The van der Waals surface area contributed by atoms with E-state index in [9.17, 15) is 4.79 Å². The van der Waals surface area contributed by atoms with Crippen molar-refractivity contribution in [3.8, 4) is 0 Å². The molecule has 5 heteroatoms. The Morgan fingerprint density at radius 3 is 2.67 bits per heavy atom. The van der Waals surface area contributed by atoms with Crippen LogP contribution in [0.4, 0.5) is 0 Å².